The van der Waals surface area contributed by atoms with Crippen molar-refractivity contribution < 1.29 is 9.90 Å². The number of nitrogens with zero attached hydrogens (tertiary/aromatic N) is 5. The van der Waals surface area contributed by atoms with Gasteiger partial charge in [0.05, 0.1) is 12.1 Å². The summed E-state index contributed by atoms with van der Waals surface area (Å²) in [5.41, 5.74) is 1.05. The minimum absolute atomic E-state index is 0.240. The number of hydrogen-bond donors (Lipinski definition) is 1. The molecule has 7 nitrogen and oxygen atoms in total. The van der Waals surface area contributed by atoms with E-state index in [1.807, 2.05) is 19.2 Å². The summed E-state index contributed by atoms with van der Waals surface area (Å²) in [4.78, 5) is 21.8. The summed E-state index contributed by atoms with van der Waals surface area (Å²) in [6, 6.07) is 1.85. The first-order valence-electron chi connectivity index (χ1n) is 6.96. The Hall–Kier alpha value is -2.44. The molecule has 21 heavy (non-hydrogen) atoms. The monoisotopic (exact) mass is 287 g/mol. The number of carbonyl (C=O) groups is 1. The van der Waals surface area contributed by atoms with Crippen LogP contribution >= 0.6 is 0 Å². The fraction of sp³-hybridized carbons (Fsp3) is 0.429. The van der Waals surface area contributed by atoms with Gasteiger partial charge in [0.2, 0.25) is 0 Å². The number of aliphatic carboxylic acids is 1. The summed E-state index contributed by atoms with van der Waals surface area (Å²) in [7, 11) is 0. The Kier molecular flexibility index (Phi) is 3.55. The fourth-order valence-electron chi connectivity index (χ4n) is 2.50. The molecule has 0 bridgehead atoms. The first kappa shape index (κ1) is 13.5. The van der Waals surface area contributed by atoms with Crippen LogP contribution in [0.25, 0.3) is 5.95 Å². The van der Waals surface area contributed by atoms with Gasteiger partial charge < -0.3 is 10.0 Å². The van der Waals surface area contributed by atoms with Crippen LogP contribution in [-0.4, -0.2) is 43.9 Å². The number of aryl methyl sites for hydroxylation is 1. The van der Waals surface area contributed by atoms with E-state index in [1.54, 1.807) is 17.1 Å². The third kappa shape index (κ3) is 2.86. The van der Waals surface area contributed by atoms with E-state index in [1.165, 1.54) is 0 Å². The van der Waals surface area contributed by atoms with E-state index >= 15 is 0 Å². The second-order valence-corrected chi connectivity index (χ2v) is 5.28. The van der Waals surface area contributed by atoms with E-state index in [-0.39, 0.29) is 5.92 Å². The highest BCUT2D eigenvalue weighted by Gasteiger charge is 2.25. The van der Waals surface area contributed by atoms with Crippen LogP contribution in [0.1, 0.15) is 18.4 Å². The molecule has 0 atom stereocenters. The average Bonchev–Trinajstić information content (AvgIpc) is 2.94. The Bertz CT molecular complexity index is 646. The number of aromatic nitrogens is 4. The number of anilines is 1. The first-order chi connectivity index (χ1) is 10.1. The van der Waals surface area contributed by atoms with Crippen LogP contribution in [0.3, 0.4) is 0 Å². The zero-order valence-corrected chi connectivity index (χ0v) is 11.8. The molecule has 0 radical (unpaired) electrons. The lowest BCUT2D eigenvalue weighted by Gasteiger charge is -2.30. The van der Waals surface area contributed by atoms with Crippen LogP contribution in [0, 0.1) is 12.8 Å². The van der Waals surface area contributed by atoms with Gasteiger partial charge >= 0.3 is 5.97 Å². The number of piperidine rings is 1. The van der Waals surface area contributed by atoms with Gasteiger partial charge in [-0.15, -0.1) is 0 Å². The van der Waals surface area contributed by atoms with Crippen molar-refractivity contribution in [3.63, 3.8) is 0 Å². The van der Waals surface area contributed by atoms with Crippen molar-refractivity contribution in [3.8, 4) is 5.95 Å². The lowest BCUT2D eigenvalue weighted by atomic mass is 9.97. The van der Waals surface area contributed by atoms with Crippen LogP contribution < -0.4 is 4.90 Å². The molecule has 0 unspecified atom stereocenters. The normalized spacial score (nSPS) is 16.1. The summed E-state index contributed by atoms with van der Waals surface area (Å²) < 4.78 is 1.64. The molecule has 0 spiro atoms. The molecule has 0 aromatic carbocycles. The highest BCUT2D eigenvalue weighted by atomic mass is 16.4. The van der Waals surface area contributed by atoms with Crippen LogP contribution in [0.2, 0.25) is 0 Å². The highest BCUT2D eigenvalue weighted by molar-refractivity contribution is 5.70. The third-order valence-electron chi connectivity index (χ3n) is 3.71. The summed E-state index contributed by atoms with van der Waals surface area (Å²) in [5.74, 6) is 0.402. The van der Waals surface area contributed by atoms with Crippen LogP contribution in [0.4, 0.5) is 5.82 Å². The van der Waals surface area contributed by atoms with Crippen LogP contribution in [0.15, 0.2) is 24.7 Å². The Labute approximate surface area is 122 Å². The van der Waals surface area contributed by atoms with Crippen molar-refractivity contribution in [3.05, 3.63) is 30.2 Å². The van der Waals surface area contributed by atoms with Gasteiger partial charge in [0, 0.05) is 25.5 Å². The molecule has 0 aliphatic carbocycles. The maximum Gasteiger partial charge on any atom is 0.306 e. The highest BCUT2D eigenvalue weighted by Crippen LogP contribution is 2.22. The van der Waals surface area contributed by atoms with Gasteiger partial charge in [0.1, 0.15) is 5.82 Å². The quantitative estimate of drug-likeness (QED) is 0.915. The molecule has 1 aliphatic heterocycles. The molecule has 3 heterocycles. The van der Waals surface area contributed by atoms with Gasteiger partial charge in [-0.2, -0.15) is 10.1 Å². The smallest absolute Gasteiger partial charge is 0.306 e. The largest absolute Gasteiger partial charge is 0.481 e. The topological polar surface area (TPSA) is 84.1 Å². The summed E-state index contributed by atoms with van der Waals surface area (Å²) in [5, 5.41) is 13.2. The molecule has 1 aliphatic rings. The first-order valence-corrected chi connectivity index (χ1v) is 6.96. The van der Waals surface area contributed by atoms with E-state index in [4.69, 9.17) is 5.11 Å². The SMILES string of the molecule is Cc1cnn(-c2nccc(N3CCC(C(=O)O)CC3)n2)c1. The van der Waals surface area contributed by atoms with Crippen LogP contribution in [-0.2, 0) is 4.79 Å². The molecule has 3 rings (SSSR count). The zero-order valence-electron chi connectivity index (χ0n) is 11.8. The Morgan fingerprint density at radius 3 is 2.76 bits per heavy atom. The minimum Gasteiger partial charge on any atom is -0.481 e. The molecule has 7 heteroatoms. The Morgan fingerprint density at radius 1 is 1.38 bits per heavy atom. The van der Waals surface area contributed by atoms with Gasteiger partial charge in [-0.1, -0.05) is 0 Å². The molecule has 2 aromatic heterocycles. The predicted octanol–water partition coefficient (Wildman–Crippen LogP) is 1.27. The summed E-state index contributed by atoms with van der Waals surface area (Å²) >= 11 is 0. The number of carboxylic acids is 1. The van der Waals surface area contributed by atoms with E-state index in [2.05, 4.69) is 20.0 Å². The molecular weight excluding hydrogens is 270 g/mol. The molecule has 110 valence electrons. The second-order valence-electron chi connectivity index (χ2n) is 5.28. The maximum atomic E-state index is 11.0. The minimum atomic E-state index is -0.704. The number of hydrogen-bond acceptors (Lipinski definition) is 5. The van der Waals surface area contributed by atoms with E-state index in [0.29, 0.717) is 31.9 Å². The molecule has 1 saturated heterocycles. The lowest BCUT2D eigenvalue weighted by Crippen LogP contribution is -2.36. The maximum absolute atomic E-state index is 11.0. The van der Waals surface area contributed by atoms with E-state index in [0.717, 1.165) is 11.4 Å². The number of rotatable bonds is 3. The van der Waals surface area contributed by atoms with Crippen LogP contribution in [0.5, 0.6) is 0 Å². The molecule has 2 aromatic rings. The fourth-order valence-corrected chi connectivity index (χ4v) is 2.50. The lowest BCUT2D eigenvalue weighted by molar-refractivity contribution is -0.142. The van der Waals surface area contributed by atoms with Crippen molar-refractivity contribution in [2.45, 2.75) is 19.8 Å². The number of carboxylic acid groups (broad SMARTS) is 1. The predicted molar refractivity (Wildman–Crippen MR) is 76.5 cm³/mol. The van der Waals surface area contributed by atoms with E-state index in [9.17, 15) is 4.79 Å². The molecule has 1 N–H and O–H groups in total. The van der Waals surface area contributed by atoms with Gasteiger partial charge in [0.25, 0.3) is 5.95 Å². The van der Waals surface area contributed by atoms with Gasteiger partial charge in [-0.25, -0.2) is 9.67 Å². The van der Waals surface area contributed by atoms with Crippen molar-refractivity contribution in [2.75, 3.05) is 18.0 Å². The third-order valence-corrected chi connectivity index (χ3v) is 3.71. The van der Waals surface area contributed by atoms with Gasteiger partial charge in [-0.05, 0) is 31.4 Å². The van der Waals surface area contributed by atoms with Crippen molar-refractivity contribution >= 4 is 11.8 Å². The molecular formula is C14H17N5O2. The van der Waals surface area contributed by atoms with Crippen molar-refractivity contribution in [1.29, 1.82) is 0 Å². The standard InChI is InChI=1S/C14H17N5O2/c1-10-8-16-19(9-10)14-15-5-2-12(17-14)18-6-3-11(4-7-18)13(20)21/h2,5,8-9,11H,3-4,6-7H2,1H3,(H,20,21). The Balaban J connectivity index is 1.76. The van der Waals surface area contributed by atoms with Gasteiger partial charge in [-0.3, -0.25) is 4.79 Å². The zero-order chi connectivity index (χ0) is 14.8. The van der Waals surface area contributed by atoms with Crippen molar-refractivity contribution in [1.82, 2.24) is 19.7 Å². The molecule has 1 fully saturated rings. The Morgan fingerprint density at radius 2 is 2.14 bits per heavy atom. The average molecular weight is 287 g/mol. The molecule has 0 amide bonds. The summed E-state index contributed by atoms with van der Waals surface area (Å²) in [6.07, 6.45) is 6.63. The van der Waals surface area contributed by atoms with E-state index < -0.39 is 5.97 Å². The molecule has 0 saturated carbocycles. The van der Waals surface area contributed by atoms with Crippen molar-refractivity contribution in [2.24, 2.45) is 5.92 Å². The second kappa shape index (κ2) is 5.51. The van der Waals surface area contributed by atoms with Gasteiger partial charge in [0.15, 0.2) is 0 Å². The summed E-state index contributed by atoms with van der Waals surface area (Å²) in [6.45, 7) is 3.36.